The Morgan fingerprint density at radius 1 is 1.62 bits per heavy atom. The Balaban J connectivity index is 2.25. The van der Waals surface area contributed by atoms with Crippen molar-refractivity contribution in [2.45, 2.75) is 6.10 Å². The summed E-state index contributed by atoms with van der Waals surface area (Å²) in [6, 6.07) is 3.61. The van der Waals surface area contributed by atoms with E-state index in [1.165, 1.54) is 11.3 Å². The largest absolute Gasteiger partial charge is 0.446 e. The highest BCUT2D eigenvalue weighted by atomic mass is 79.9. The fourth-order valence-corrected chi connectivity index (χ4v) is 2.46. The molecule has 0 saturated carbocycles. The number of aliphatic imine (C=N–C) groups is 1. The summed E-state index contributed by atoms with van der Waals surface area (Å²) in [4.78, 5) is 15.5. The molecular weight excluding hydrogens is 256 g/mol. The average Bonchev–Trinajstić information content (AvgIpc) is 2.58. The van der Waals surface area contributed by atoms with Gasteiger partial charge in [-0.25, -0.2) is 0 Å². The van der Waals surface area contributed by atoms with Crippen LogP contribution in [-0.4, -0.2) is 11.9 Å². The predicted octanol–water partition coefficient (Wildman–Crippen LogP) is 1.42. The second-order valence-corrected chi connectivity index (χ2v) is 4.92. The number of ether oxygens (including phenoxy) is 1. The molecule has 2 N–H and O–H groups in total. The fraction of sp³-hybridized carbons (Fsp3) is 0.143. The first-order chi connectivity index (χ1) is 6.16. The normalized spacial score (nSPS) is 21.5. The molecule has 68 valence electrons. The maximum atomic E-state index is 11.2. The molecule has 1 aromatic heterocycles. The number of nitrogens with two attached hydrogens (primary N) is 1. The smallest absolute Gasteiger partial charge is 0.296 e. The van der Waals surface area contributed by atoms with Crippen LogP contribution in [0, 0.1) is 0 Å². The lowest BCUT2D eigenvalue weighted by atomic mass is 10.3. The average molecular weight is 261 g/mol. The van der Waals surface area contributed by atoms with Crippen molar-refractivity contribution in [3.63, 3.8) is 0 Å². The van der Waals surface area contributed by atoms with E-state index in [9.17, 15) is 4.79 Å². The number of halogens is 1. The van der Waals surface area contributed by atoms with Crippen LogP contribution < -0.4 is 5.73 Å². The van der Waals surface area contributed by atoms with Crippen molar-refractivity contribution >= 4 is 39.2 Å². The SMILES string of the molecule is NC1=NC(=O)C(c2ccc(Br)s2)O1. The highest BCUT2D eigenvalue weighted by molar-refractivity contribution is 9.11. The van der Waals surface area contributed by atoms with Crippen molar-refractivity contribution in [2.24, 2.45) is 10.7 Å². The molecule has 0 aliphatic carbocycles. The molecule has 1 amide bonds. The minimum absolute atomic E-state index is 0.0560. The molecule has 2 heterocycles. The molecule has 0 saturated heterocycles. The highest BCUT2D eigenvalue weighted by Gasteiger charge is 2.30. The quantitative estimate of drug-likeness (QED) is 0.831. The second kappa shape index (κ2) is 3.12. The van der Waals surface area contributed by atoms with Gasteiger partial charge in [0.05, 0.1) is 8.66 Å². The molecule has 2 rings (SSSR count). The molecule has 6 heteroatoms. The number of nitrogens with zero attached hydrogens (tertiary/aromatic N) is 1. The van der Waals surface area contributed by atoms with E-state index in [0.717, 1.165) is 8.66 Å². The molecule has 1 unspecified atom stereocenters. The molecule has 4 nitrogen and oxygen atoms in total. The van der Waals surface area contributed by atoms with Gasteiger partial charge in [-0.05, 0) is 28.1 Å². The Morgan fingerprint density at radius 3 is 2.85 bits per heavy atom. The van der Waals surface area contributed by atoms with Gasteiger partial charge in [0.1, 0.15) is 0 Å². The molecule has 0 fully saturated rings. The molecular formula is C7H5BrN2O2S. The lowest BCUT2D eigenvalue weighted by molar-refractivity contribution is -0.122. The minimum atomic E-state index is -0.642. The standard InChI is InChI=1S/C7H5BrN2O2S/c8-4-2-1-3(13-4)5-6(11)10-7(9)12-5/h1-2,5H,(H2,9,10,11). The van der Waals surface area contributed by atoms with Crippen LogP contribution in [-0.2, 0) is 9.53 Å². The van der Waals surface area contributed by atoms with Crippen molar-refractivity contribution in [1.29, 1.82) is 0 Å². The monoisotopic (exact) mass is 260 g/mol. The van der Waals surface area contributed by atoms with Crippen molar-refractivity contribution in [1.82, 2.24) is 0 Å². The van der Waals surface area contributed by atoms with E-state index in [4.69, 9.17) is 10.5 Å². The summed E-state index contributed by atoms with van der Waals surface area (Å²) in [5.41, 5.74) is 5.26. The van der Waals surface area contributed by atoms with E-state index in [0.29, 0.717) is 0 Å². The Labute approximate surface area is 86.5 Å². The van der Waals surface area contributed by atoms with Crippen LogP contribution in [0.5, 0.6) is 0 Å². The van der Waals surface area contributed by atoms with Crippen molar-refractivity contribution < 1.29 is 9.53 Å². The highest BCUT2D eigenvalue weighted by Crippen LogP contribution is 2.31. The first-order valence-electron chi connectivity index (χ1n) is 3.47. The van der Waals surface area contributed by atoms with Crippen LogP contribution in [0.2, 0.25) is 0 Å². The lowest BCUT2D eigenvalue weighted by Crippen LogP contribution is -2.13. The number of carbonyl (C=O) groups excluding carboxylic acids is 1. The maximum absolute atomic E-state index is 11.2. The Bertz CT molecular complexity index is 388. The summed E-state index contributed by atoms with van der Waals surface area (Å²) >= 11 is 4.73. The van der Waals surface area contributed by atoms with Crippen molar-refractivity contribution in [3.05, 3.63) is 20.8 Å². The first kappa shape index (κ1) is 8.71. The van der Waals surface area contributed by atoms with Gasteiger partial charge >= 0.3 is 0 Å². The van der Waals surface area contributed by atoms with Gasteiger partial charge < -0.3 is 10.5 Å². The second-order valence-electron chi connectivity index (χ2n) is 2.43. The van der Waals surface area contributed by atoms with E-state index in [-0.39, 0.29) is 11.9 Å². The predicted molar refractivity (Wildman–Crippen MR) is 52.5 cm³/mol. The van der Waals surface area contributed by atoms with Crippen LogP contribution in [0.15, 0.2) is 20.9 Å². The van der Waals surface area contributed by atoms with Gasteiger partial charge in [0, 0.05) is 0 Å². The molecule has 1 aromatic rings. The summed E-state index contributed by atoms with van der Waals surface area (Å²) < 4.78 is 5.99. The summed E-state index contributed by atoms with van der Waals surface area (Å²) in [5, 5.41) is 0. The van der Waals surface area contributed by atoms with E-state index in [1.807, 2.05) is 12.1 Å². The third kappa shape index (κ3) is 1.59. The molecule has 1 aliphatic rings. The molecule has 0 bridgehead atoms. The Morgan fingerprint density at radius 2 is 2.38 bits per heavy atom. The van der Waals surface area contributed by atoms with Gasteiger partial charge in [0.25, 0.3) is 11.9 Å². The fourth-order valence-electron chi connectivity index (χ4n) is 1.01. The zero-order valence-electron chi connectivity index (χ0n) is 6.36. The zero-order valence-corrected chi connectivity index (χ0v) is 8.76. The molecule has 1 atom stereocenters. The zero-order chi connectivity index (χ0) is 9.42. The number of rotatable bonds is 1. The number of carbonyl (C=O) groups is 1. The summed E-state index contributed by atoms with van der Waals surface area (Å²) in [6.07, 6.45) is -0.642. The minimum Gasteiger partial charge on any atom is -0.446 e. The van der Waals surface area contributed by atoms with Crippen LogP contribution in [0.25, 0.3) is 0 Å². The van der Waals surface area contributed by atoms with Crippen molar-refractivity contribution in [3.8, 4) is 0 Å². The number of hydrogen-bond donors (Lipinski definition) is 1. The van der Waals surface area contributed by atoms with E-state index in [1.54, 1.807) is 0 Å². The molecule has 0 radical (unpaired) electrons. The van der Waals surface area contributed by atoms with E-state index >= 15 is 0 Å². The van der Waals surface area contributed by atoms with Gasteiger partial charge in [-0.2, -0.15) is 4.99 Å². The third-order valence-electron chi connectivity index (χ3n) is 1.54. The van der Waals surface area contributed by atoms with Gasteiger partial charge in [0.2, 0.25) is 6.10 Å². The number of hydrogen-bond acceptors (Lipinski definition) is 4. The van der Waals surface area contributed by atoms with Crippen LogP contribution in [0.4, 0.5) is 0 Å². The van der Waals surface area contributed by atoms with E-state index in [2.05, 4.69) is 20.9 Å². The molecule has 13 heavy (non-hydrogen) atoms. The summed E-state index contributed by atoms with van der Waals surface area (Å²) in [7, 11) is 0. The maximum Gasteiger partial charge on any atom is 0.296 e. The van der Waals surface area contributed by atoms with Gasteiger partial charge in [-0.15, -0.1) is 11.3 Å². The first-order valence-corrected chi connectivity index (χ1v) is 5.07. The third-order valence-corrected chi connectivity index (χ3v) is 3.20. The lowest BCUT2D eigenvalue weighted by Gasteiger charge is -2.03. The molecule has 1 aliphatic heterocycles. The van der Waals surface area contributed by atoms with E-state index < -0.39 is 6.10 Å². The Kier molecular flexibility index (Phi) is 2.09. The van der Waals surface area contributed by atoms with Gasteiger partial charge in [-0.3, -0.25) is 4.79 Å². The number of thiophene rings is 1. The van der Waals surface area contributed by atoms with Crippen molar-refractivity contribution in [2.75, 3.05) is 0 Å². The summed E-state index contributed by atoms with van der Waals surface area (Å²) in [5.74, 6) is -0.341. The topological polar surface area (TPSA) is 64.7 Å². The number of amides is 1. The number of amidine groups is 1. The van der Waals surface area contributed by atoms with Gasteiger partial charge in [0.15, 0.2) is 0 Å². The molecule has 0 aromatic carbocycles. The van der Waals surface area contributed by atoms with Crippen LogP contribution in [0.1, 0.15) is 11.0 Å². The van der Waals surface area contributed by atoms with Crippen LogP contribution >= 0.6 is 27.3 Å². The van der Waals surface area contributed by atoms with Gasteiger partial charge in [-0.1, -0.05) is 0 Å². The van der Waals surface area contributed by atoms with Crippen LogP contribution in [0.3, 0.4) is 0 Å². The Hall–Kier alpha value is -0.880. The summed E-state index contributed by atoms with van der Waals surface area (Å²) in [6.45, 7) is 0. The molecule has 0 spiro atoms.